The number of carbonyl (C=O) groups excluding carboxylic acids is 3. The van der Waals surface area contributed by atoms with E-state index in [1.807, 2.05) is 27.7 Å². The number of carbonyl (C=O) groups is 4. The number of carboxylic acids is 1. The molecule has 0 bridgehead atoms. The lowest BCUT2D eigenvalue weighted by molar-refractivity contribution is -0.150. The van der Waals surface area contributed by atoms with Crippen molar-refractivity contribution in [1.82, 2.24) is 15.5 Å². The van der Waals surface area contributed by atoms with E-state index in [9.17, 15) is 24.3 Å². The normalized spacial score (nSPS) is 25.9. The van der Waals surface area contributed by atoms with Gasteiger partial charge in [-0.2, -0.15) is 0 Å². The van der Waals surface area contributed by atoms with Crippen molar-refractivity contribution >= 4 is 23.7 Å². The van der Waals surface area contributed by atoms with E-state index in [2.05, 4.69) is 10.6 Å². The Kier molecular flexibility index (Phi) is 7.40. The zero-order chi connectivity index (χ0) is 21.0. The number of hydrogen-bond donors (Lipinski definition) is 3. The highest BCUT2D eigenvalue weighted by Gasteiger charge is 2.51. The molecule has 3 N–H and O–H groups in total. The number of epoxide rings is 1. The van der Waals surface area contributed by atoms with Gasteiger partial charge in [0.2, 0.25) is 5.91 Å². The van der Waals surface area contributed by atoms with E-state index in [-0.39, 0.29) is 17.7 Å². The largest absolute Gasteiger partial charge is 0.480 e. The SMILES string of the molecule is CC[C@H](C)[C@H](NC(=O)[C@H]1O[C@@H]1C(=O)NCC(C)C)C(=O)N1CCC[C@H]1C(=O)O. The molecule has 0 spiro atoms. The molecule has 0 unspecified atom stereocenters. The minimum absolute atomic E-state index is 0.182. The van der Waals surface area contributed by atoms with E-state index in [1.165, 1.54) is 4.90 Å². The van der Waals surface area contributed by atoms with Crippen molar-refractivity contribution in [2.45, 2.75) is 71.2 Å². The molecule has 5 atom stereocenters. The van der Waals surface area contributed by atoms with Crippen LogP contribution in [-0.2, 0) is 23.9 Å². The second-order valence-electron chi connectivity index (χ2n) is 8.02. The topological polar surface area (TPSA) is 128 Å². The molecule has 2 rings (SSSR count). The average Bonchev–Trinajstić information content (AvgIpc) is 3.30. The summed E-state index contributed by atoms with van der Waals surface area (Å²) in [6.45, 7) is 8.50. The van der Waals surface area contributed by atoms with E-state index in [0.717, 1.165) is 0 Å². The zero-order valence-corrected chi connectivity index (χ0v) is 16.9. The van der Waals surface area contributed by atoms with Crippen molar-refractivity contribution in [3.05, 3.63) is 0 Å². The number of nitrogens with zero attached hydrogens (tertiary/aromatic N) is 1. The van der Waals surface area contributed by atoms with Gasteiger partial charge < -0.3 is 25.4 Å². The summed E-state index contributed by atoms with van der Waals surface area (Å²) in [6.07, 6.45) is -0.100. The molecule has 2 fully saturated rings. The Hall–Kier alpha value is -2.16. The Morgan fingerprint density at radius 3 is 2.36 bits per heavy atom. The summed E-state index contributed by atoms with van der Waals surface area (Å²) in [6, 6.07) is -1.70. The Morgan fingerprint density at radius 1 is 1.14 bits per heavy atom. The van der Waals surface area contributed by atoms with Gasteiger partial charge in [-0.05, 0) is 24.7 Å². The van der Waals surface area contributed by atoms with Gasteiger partial charge in [0.05, 0.1) is 0 Å². The molecule has 0 saturated carbocycles. The van der Waals surface area contributed by atoms with Gasteiger partial charge in [-0.25, -0.2) is 4.79 Å². The number of rotatable bonds is 9. The molecule has 9 nitrogen and oxygen atoms in total. The molecule has 0 aliphatic carbocycles. The molecule has 0 aromatic carbocycles. The average molecular weight is 397 g/mol. The van der Waals surface area contributed by atoms with Crippen molar-refractivity contribution in [1.29, 1.82) is 0 Å². The monoisotopic (exact) mass is 397 g/mol. The lowest BCUT2D eigenvalue weighted by atomic mass is 9.97. The van der Waals surface area contributed by atoms with Crippen LogP contribution in [0.15, 0.2) is 0 Å². The van der Waals surface area contributed by atoms with E-state index in [4.69, 9.17) is 4.74 Å². The minimum Gasteiger partial charge on any atom is -0.480 e. The van der Waals surface area contributed by atoms with Crippen LogP contribution in [0.5, 0.6) is 0 Å². The number of carboxylic acid groups (broad SMARTS) is 1. The third kappa shape index (κ3) is 5.21. The van der Waals surface area contributed by atoms with Gasteiger partial charge in [0.15, 0.2) is 12.2 Å². The maximum absolute atomic E-state index is 13.0. The molecule has 9 heteroatoms. The Labute approximate surface area is 165 Å². The van der Waals surface area contributed by atoms with Crippen LogP contribution in [0.2, 0.25) is 0 Å². The molecular weight excluding hydrogens is 366 g/mol. The van der Waals surface area contributed by atoms with Crippen LogP contribution in [0.3, 0.4) is 0 Å². The van der Waals surface area contributed by atoms with E-state index >= 15 is 0 Å². The molecule has 0 radical (unpaired) electrons. The van der Waals surface area contributed by atoms with Crippen molar-refractivity contribution in [2.75, 3.05) is 13.1 Å². The van der Waals surface area contributed by atoms with Gasteiger partial charge in [-0.3, -0.25) is 14.4 Å². The fraction of sp³-hybridized carbons (Fsp3) is 0.789. The molecule has 2 saturated heterocycles. The third-order valence-corrected chi connectivity index (χ3v) is 5.29. The van der Waals surface area contributed by atoms with E-state index < -0.39 is 42.1 Å². The first kappa shape index (κ1) is 22.1. The first-order valence-corrected chi connectivity index (χ1v) is 9.94. The minimum atomic E-state index is -1.03. The number of hydrogen-bond acceptors (Lipinski definition) is 5. The van der Waals surface area contributed by atoms with Crippen LogP contribution < -0.4 is 10.6 Å². The quantitative estimate of drug-likeness (QED) is 0.475. The van der Waals surface area contributed by atoms with Crippen LogP contribution in [0, 0.1) is 11.8 Å². The zero-order valence-electron chi connectivity index (χ0n) is 16.9. The highest BCUT2D eigenvalue weighted by molar-refractivity contribution is 5.97. The molecule has 0 aromatic rings. The molecule has 158 valence electrons. The predicted octanol–water partition coefficient (Wildman–Crippen LogP) is 0.133. The van der Waals surface area contributed by atoms with Crippen molar-refractivity contribution in [3.8, 4) is 0 Å². The number of amides is 3. The molecule has 2 heterocycles. The third-order valence-electron chi connectivity index (χ3n) is 5.29. The van der Waals surface area contributed by atoms with Gasteiger partial charge >= 0.3 is 5.97 Å². The highest BCUT2D eigenvalue weighted by Crippen LogP contribution is 2.25. The van der Waals surface area contributed by atoms with Crippen LogP contribution in [0.1, 0.15) is 47.0 Å². The molecule has 28 heavy (non-hydrogen) atoms. The molecule has 3 amide bonds. The second kappa shape index (κ2) is 9.36. The van der Waals surface area contributed by atoms with Gasteiger partial charge in [0.25, 0.3) is 11.8 Å². The molecule has 2 aliphatic heterocycles. The summed E-state index contributed by atoms with van der Waals surface area (Å²) >= 11 is 0. The van der Waals surface area contributed by atoms with E-state index in [0.29, 0.717) is 32.4 Å². The van der Waals surface area contributed by atoms with Crippen LogP contribution in [0.25, 0.3) is 0 Å². The summed E-state index contributed by atoms with van der Waals surface area (Å²) < 4.78 is 5.21. The smallest absolute Gasteiger partial charge is 0.326 e. The summed E-state index contributed by atoms with van der Waals surface area (Å²) in [5, 5.41) is 14.7. The molecular formula is C19H31N3O6. The second-order valence-corrected chi connectivity index (χ2v) is 8.02. The number of nitrogens with one attached hydrogen (secondary N) is 2. The van der Waals surface area contributed by atoms with E-state index in [1.54, 1.807) is 0 Å². The van der Waals surface area contributed by atoms with Gasteiger partial charge in [-0.1, -0.05) is 34.1 Å². The van der Waals surface area contributed by atoms with Crippen molar-refractivity contribution in [3.63, 3.8) is 0 Å². The number of ether oxygens (including phenoxy) is 1. The maximum Gasteiger partial charge on any atom is 0.326 e. The summed E-state index contributed by atoms with van der Waals surface area (Å²) in [5.74, 6) is -2.19. The fourth-order valence-electron chi connectivity index (χ4n) is 3.30. The van der Waals surface area contributed by atoms with Crippen LogP contribution in [-0.4, -0.2) is 71.1 Å². The van der Waals surface area contributed by atoms with Gasteiger partial charge in [-0.15, -0.1) is 0 Å². The first-order valence-electron chi connectivity index (χ1n) is 9.94. The van der Waals surface area contributed by atoms with Gasteiger partial charge in [0, 0.05) is 13.1 Å². The lowest BCUT2D eigenvalue weighted by Crippen LogP contribution is -2.55. The summed E-state index contributed by atoms with van der Waals surface area (Å²) in [5.41, 5.74) is 0. The summed E-state index contributed by atoms with van der Waals surface area (Å²) in [4.78, 5) is 50.2. The van der Waals surface area contributed by atoms with Crippen LogP contribution >= 0.6 is 0 Å². The Bertz CT molecular complexity index is 623. The predicted molar refractivity (Wildman–Crippen MR) is 100 cm³/mol. The van der Waals surface area contributed by atoms with Crippen LogP contribution in [0.4, 0.5) is 0 Å². The highest BCUT2D eigenvalue weighted by atomic mass is 16.6. The fourth-order valence-corrected chi connectivity index (χ4v) is 3.30. The number of aliphatic carboxylic acids is 1. The maximum atomic E-state index is 13.0. The first-order chi connectivity index (χ1) is 13.2. The number of likely N-dealkylation sites (tertiary alicyclic amines) is 1. The standard InChI is InChI=1S/C19H31N3O6/c1-5-11(4)13(18(25)22-8-6-7-12(22)19(26)27)21-17(24)15-14(28-15)16(23)20-9-10(2)3/h10-15H,5-9H2,1-4H3,(H,20,23)(H,21,24)(H,26,27)/t11-,12-,13-,14-,15-/m0/s1. The molecule has 0 aromatic heterocycles. The van der Waals surface area contributed by atoms with Gasteiger partial charge in [0.1, 0.15) is 12.1 Å². The Morgan fingerprint density at radius 2 is 1.79 bits per heavy atom. The summed E-state index contributed by atoms with van der Waals surface area (Å²) in [7, 11) is 0. The van der Waals surface area contributed by atoms with Crippen molar-refractivity contribution in [2.24, 2.45) is 11.8 Å². The van der Waals surface area contributed by atoms with Crippen molar-refractivity contribution < 1.29 is 29.0 Å². The molecule has 2 aliphatic rings. The lowest BCUT2D eigenvalue weighted by Gasteiger charge is -2.30. The Balaban J connectivity index is 1.99.